The molecule has 0 saturated carbocycles. The molecule has 0 aliphatic rings. The van der Waals surface area contributed by atoms with Crippen LogP contribution in [0.3, 0.4) is 0 Å². The predicted molar refractivity (Wildman–Crippen MR) is 106 cm³/mol. The lowest BCUT2D eigenvalue weighted by atomic mass is 10.2. The van der Waals surface area contributed by atoms with Gasteiger partial charge in [0.1, 0.15) is 17.9 Å². The molecular weight excluding hydrogens is 356 g/mol. The zero-order valence-corrected chi connectivity index (χ0v) is 15.5. The molecule has 0 aliphatic carbocycles. The molecule has 28 heavy (non-hydrogen) atoms. The SMILES string of the molecule is Cc1nc2ccccc2n1CCCNC(=O)Cn1nnc2ccccc2c1=O. The van der Waals surface area contributed by atoms with Crippen molar-refractivity contribution in [2.24, 2.45) is 0 Å². The van der Waals surface area contributed by atoms with E-state index in [1.54, 1.807) is 24.3 Å². The molecule has 1 N–H and O–H groups in total. The molecule has 0 radical (unpaired) electrons. The second-order valence-electron chi connectivity index (χ2n) is 6.57. The van der Waals surface area contributed by atoms with Crippen molar-refractivity contribution in [1.29, 1.82) is 0 Å². The van der Waals surface area contributed by atoms with Crippen LogP contribution in [0.4, 0.5) is 0 Å². The van der Waals surface area contributed by atoms with Crippen LogP contribution in [0.2, 0.25) is 0 Å². The quantitative estimate of drug-likeness (QED) is 0.517. The Morgan fingerprint density at radius 2 is 1.82 bits per heavy atom. The van der Waals surface area contributed by atoms with Crippen LogP contribution in [-0.2, 0) is 17.9 Å². The molecule has 2 aromatic heterocycles. The molecule has 2 aromatic carbocycles. The van der Waals surface area contributed by atoms with E-state index in [0.29, 0.717) is 17.4 Å². The Hall–Kier alpha value is -3.55. The molecule has 0 fully saturated rings. The molecule has 0 unspecified atom stereocenters. The van der Waals surface area contributed by atoms with Gasteiger partial charge in [-0.05, 0) is 37.6 Å². The number of hydrogen-bond acceptors (Lipinski definition) is 5. The first kappa shape index (κ1) is 17.8. The van der Waals surface area contributed by atoms with Crippen molar-refractivity contribution < 1.29 is 4.79 Å². The first-order valence-corrected chi connectivity index (χ1v) is 9.14. The number of amides is 1. The molecular formula is C20H20N6O2. The van der Waals surface area contributed by atoms with Crippen molar-refractivity contribution in [2.75, 3.05) is 6.54 Å². The van der Waals surface area contributed by atoms with E-state index >= 15 is 0 Å². The van der Waals surface area contributed by atoms with Gasteiger partial charge in [-0.25, -0.2) is 9.67 Å². The number of aromatic nitrogens is 5. The second-order valence-corrected chi connectivity index (χ2v) is 6.57. The average molecular weight is 376 g/mol. The molecule has 0 spiro atoms. The number of fused-ring (bicyclic) bond motifs is 2. The standard InChI is InChI=1S/C20H20N6O2/c1-14-22-17-9-4-5-10-18(17)25(14)12-6-11-21-19(27)13-26-20(28)15-7-2-3-8-16(15)23-24-26/h2-5,7-10H,6,11-13H2,1H3,(H,21,27). The summed E-state index contributed by atoms with van der Waals surface area (Å²) in [6.07, 6.45) is 0.755. The highest BCUT2D eigenvalue weighted by Crippen LogP contribution is 2.15. The Bertz CT molecular complexity index is 1210. The van der Waals surface area contributed by atoms with E-state index in [9.17, 15) is 9.59 Å². The van der Waals surface area contributed by atoms with E-state index in [1.165, 1.54) is 0 Å². The number of aryl methyl sites for hydroxylation is 2. The van der Waals surface area contributed by atoms with Crippen molar-refractivity contribution in [3.63, 3.8) is 0 Å². The van der Waals surface area contributed by atoms with Crippen LogP contribution < -0.4 is 10.9 Å². The summed E-state index contributed by atoms with van der Waals surface area (Å²) >= 11 is 0. The van der Waals surface area contributed by atoms with Crippen LogP contribution in [0.1, 0.15) is 12.2 Å². The smallest absolute Gasteiger partial charge is 0.278 e. The Morgan fingerprint density at radius 3 is 2.68 bits per heavy atom. The van der Waals surface area contributed by atoms with Crippen LogP contribution in [0.25, 0.3) is 21.9 Å². The highest BCUT2D eigenvalue weighted by Gasteiger charge is 2.10. The number of carbonyl (C=O) groups is 1. The lowest BCUT2D eigenvalue weighted by Crippen LogP contribution is -2.34. The fourth-order valence-corrected chi connectivity index (χ4v) is 3.26. The van der Waals surface area contributed by atoms with Gasteiger partial charge >= 0.3 is 0 Å². The Morgan fingerprint density at radius 1 is 1.07 bits per heavy atom. The maximum atomic E-state index is 12.4. The number of benzene rings is 2. The van der Waals surface area contributed by atoms with Crippen molar-refractivity contribution >= 4 is 27.8 Å². The molecule has 0 bridgehead atoms. The van der Waals surface area contributed by atoms with Crippen molar-refractivity contribution in [3.05, 3.63) is 64.7 Å². The molecule has 142 valence electrons. The van der Waals surface area contributed by atoms with Gasteiger partial charge in [0, 0.05) is 13.1 Å². The summed E-state index contributed by atoms with van der Waals surface area (Å²) in [7, 11) is 0. The van der Waals surface area contributed by atoms with Crippen molar-refractivity contribution in [1.82, 2.24) is 29.9 Å². The number of imidazole rings is 1. The minimum atomic E-state index is -0.318. The number of nitrogens with zero attached hydrogens (tertiary/aromatic N) is 5. The van der Waals surface area contributed by atoms with Gasteiger partial charge in [0.25, 0.3) is 5.56 Å². The van der Waals surface area contributed by atoms with Gasteiger partial charge in [0.2, 0.25) is 5.91 Å². The normalized spacial score (nSPS) is 11.2. The highest BCUT2D eigenvalue weighted by atomic mass is 16.2. The highest BCUT2D eigenvalue weighted by molar-refractivity contribution is 5.78. The fraction of sp³-hybridized carbons (Fsp3) is 0.250. The number of nitrogens with one attached hydrogen (secondary N) is 1. The van der Waals surface area contributed by atoms with E-state index in [0.717, 1.165) is 34.5 Å². The van der Waals surface area contributed by atoms with Crippen molar-refractivity contribution in [2.45, 2.75) is 26.4 Å². The van der Waals surface area contributed by atoms with Gasteiger partial charge in [-0.3, -0.25) is 9.59 Å². The monoisotopic (exact) mass is 376 g/mol. The van der Waals surface area contributed by atoms with Crippen LogP contribution in [0.15, 0.2) is 53.3 Å². The molecule has 1 amide bonds. The van der Waals surface area contributed by atoms with E-state index in [4.69, 9.17) is 0 Å². The Labute approximate surface area is 160 Å². The first-order valence-electron chi connectivity index (χ1n) is 9.14. The number of para-hydroxylation sites is 2. The van der Waals surface area contributed by atoms with Crippen LogP contribution >= 0.6 is 0 Å². The lowest BCUT2D eigenvalue weighted by Gasteiger charge is -2.09. The van der Waals surface area contributed by atoms with Crippen LogP contribution in [0, 0.1) is 6.92 Å². The molecule has 0 atom stereocenters. The summed E-state index contributed by atoms with van der Waals surface area (Å²) in [6, 6.07) is 14.9. The minimum Gasteiger partial charge on any atom is -0.354 e. The largest absolute Gasteiger partial charge is 0.354 e. The van der Waals surface area contributed by atoms with Crippen LogP contribution in [0.5, 0.6) is 0 Å². The fourth-order valence-electron chi connectivity index (χ4n) is 3.26. The summed E-state index contributed by atoms with van der Waals surface area (Å²) in [5.41, 5.74) is 2.26. The van der Waals surface area contributed by atoms with Crippen molar-refractivity contribution in [3.8, 4) is 0 Å². The van der Waals surface area contributed by atoms with E-state index in [1.807, 2.05) is 31.2 Å². The third kappa shape index (κ3) is 3.48. The molecule has 4 rings (SSSR count). The third-order valence-electron chi connectivity index (χ3n) is 4.65. The lowest BCUT2D eigenvalue weighted by molar-refractivity contribution is -0.121. The predicted octanol–water partition coefficient (Wildman–Crippen LogP) is 1.66. The van der Waals surface area contributed by atoms with Gasteiger partial charge in [0.05, 0.1) is 16.4 Å². The maximum Gasteiger partial charge on any atom is 0.278 e. The van der Waals surface area contributed by atoms with E-state index in [-0.39, 0.29) is 18.0 Å². The molecule has 8 heteroatoms. The number of carbonyl (C=O) groups excluding carboxylic acids is 1. The first-order chi connectivity index (χ1) is 13.6. The third-order valence-corrected chi connectivity index (χ3v) is 4.65. The topological polar surface area (TPSA) is 94.7 Å². The summed E-state index contributed by atoms with van der Waals surface area (Å²) in [4.78, 5) is 29.1. The maximum absolute atomic E-state index is 12.4. The second kappa shape index (κ2) is 7.59. The van der Waals surface area contributed by atoms with Crippen LogP contribution in [-0.4, -0.2) is 37.0 Å². The number of rotatable bonds is 6. The van der Waals surface area contributed by atoms with Gasteiger partial charge in [-0.2, -0.15) is 0 Å². The zero-order valence-electron chi connectivity index (χ0n) is 15.5. The molecule has 8 nitrogen and oxygen atoms in total. The molecule has 0 saturated heterocycles. The Kier molecular flexibility index (Phi) is 4.84. The van der Waals surface area contributed by atoms with Gasteiger partial charge in [-0.15, -0.1) is 5.10 Å². The molecule has 0 aliphatic heterocycles. The minimum absolute atomic E-state index is 0.149. The van der Waals surface area contributed by atoms with E-state index in [2.05, 4.69) is 25.2 Å². The average Bonchev–Trinajstić information content (AvgIpc) is 3.03. The van der Waals surface area contributed by atoms with Gasteiger partial charge < -0.3 is 9.88 Å². The Balaban J connectivity index is 1.34. The molecule has 4 aromatic rings. The zero-order chi connectivity index (χ0) is 19.5. The summed E-state index contributed by atoms with van der Waals surface area (Å²) < 4.78 is 3.23. The van der Waals surface area contributed by atoms with Gasteiger partial charge in [-0.1, -0.05) is 29.5 Å². The van der Waals surface area contributed by atoms with Gasteiger partial charge in [0.15, 0.2) is 0 Å². The summed E-state index contributed by atoms with van der Waals surface area (Å²) in [5, 5.41) is 11.1. The van der Waals surface area contributed by atoms with E-state index < -0.39 is 0 Å². The summed E-state index contributed by atoms with van der Waals surface area (Å²) in [5.74, 6) is 0.685. The molecule has 2 heterocycles. The summed E-state index contributed by atoms with van der Waals surface area (Å²) in [6.45, 7) is 3.08. The number of hydrogen-bond donors (Lipinski definition) is 1.